The number of ether oxygens (including phenoxy) is 1. The molecule has 0 aliphatic heterocycles. The van der Waals surface area contributed by atoms with E-state index < -0.39 is 0 Å². The highest BCUT2D eigenvalue weighted by Gasteiger charge is 2.18. The Labute approximate surface area is 144 Å². The first-order valence-electron chi connectivity index (χ1n) is 6.87. The van der Waals surface area contributed by atoms with Crippen LogP contribution in [0.25, 0.3) is 0 Å². The Morgan fingerprint density at radius 2 is 1.86 bits per heavy atom. The summed E-state index contributed by atoms with van der Waals surface area (Å²) in [7, 11) is 1.77. The highest BCUT2D eigenvalue weighted by Crippen LogP contribution is 2.24. The molecule has 2 rings (SSSR count). The lowest BCUT2D eigenvalue weighted by atomic mass is 10.1. The quantitative estimate of drug-likeness (QED) is 0.750. The average molecular weight is 383 g/mol. The van der Waals surface area contributed by atoms with Gasteiger partial charge in [0.25, 0.3) is 5.91 Å². The number of likely N-dealkylation sites (N-methyl/N-ethyl adjacent to an activating group) is 1. The standard InChI is InChI=1S/C17H17BrClNO2/c1-12(13-7-9-14(19)10-8-13)20(2)17(21)11-22-16-6-4-3-5-15(16)18/h3-10,12H,11H2,1-2H3. The summed E-state index contributed by atoms with van der Waals surface area (Å²) in [5.74, 6) is 0.571. The van der Waals surface area contributed by atoms with E-state index in [1.54, 1.807) is 11.9 Å². The van der Waals surface area contributed by atoms with Crippen molar-refractivity contribution in [3.8, 4) is 5.75 Å². The molecular weight excluding hydrogens is 366 g/mol. The monoisotopic (exact) mass is 381 g/mol. The molecule has 2 aromatic rings. The van der Waals surface area contributed by atoms with Gasteiger partial charge >= 0.3 is 0 Å². The fourth-order valence-electron chi connectivity index (χ4n) is 1.98. The lowest BCUT2D eigenvalue weighted by Gasteiger charge is -2.25. The normalized spacial score (nSPS) is 11.8. The van der Waals surface area contributed by atoms with Crippen molar-refractivity contribution in [3.05, 3.63) is 63.6 Å². The molecular formula is C17H17BrClNO2. The zero-order chi connectivity index (χ0) is 16.1. The summed E-state index contributed by atoms with van der Waals surface area (Å²) in [5, 5.41) is 0.683. The summed E-state index contributed by atoms with van der Waals surface area (Å²) in [6.45, 7) is 1.97. The molecule has 0 fully saturated rings. The number of carbonyl (C=O) groups is 1. The second-order valence-electron chi connectivity index (χ2n) is 4.95. The van der Waals surface area contributed by atoms with Crippen LogP contribution in [0.2, 0.25) is 5.02 Å². The molecule has 5 heteroatoms. The maximum atomic E-state index is 12.3. The van der Waals surface area contributed by atoms with Crippen molar-refractivity contribution in [3.63, 3.8) is 0 Å². The van der Waals surface area contributed by atoms with E-state index in [-0.39, 0.29) is 18.6 Å². The SMILES string of the molecule is CC(c1ccc(Cl)cc1)N(C)C(=O)COc1ccccc1Br. The van der Waals surface area contributed by atoms with Gasteiger partial charge in [0.05, 0.1) is 10.5 Å². The van der Waals surface area contributed by atoms with Crippen molar-refractivity contribution < 1.29 is 9.53 Å². The number of carbonyl (C=O) groups excluding carboxylic acids is 1. The number of benzene rings is 2. The molecule has 0 heterocycles. The van der Waals surface area contributed by atoms with E-state index in [9.17, 15) is 4.79 Å². The molecule has 0 aromatic heterocycles. The van der Waals surface area contributed by atoms with E-state index >= 15 is 0 Å². The third-order valence-corrected chi connectivity index (χ3v) is 4.42. The van der Waals surface area contributed by atoms with Crippen LogP contribution in [-0.4, -0.2) is 24.5 Å². The maximum Gasteiger partial charge on any atom is 0.260 e. The zero-order valence-corrected chi connectivity index (χ0v) is 14.8. The smallest absolute Gasteiger partial charge is 0.260 e. The molecule has 0 radical (unpaired) electrons. The van der Waals surface area contributed by atoms with Crippen LogP contribution in [0.1, 0.15) is 18.5 Å². The number of hydrogen-bond donors (Lipinski definition) is 0. The molecule has 116 valence electrons. The minimum absolute atomic E-state index is 0.00293. The number of halogens is 2. The Hall–Kier alpha value is -1.52. The average Bonchev–Trinajstić information content (AvgIpc) is 2.53. The molecule has 0 spiro atoms. The van der Waals surface area contributed by atoms with Crippen molar-refractivity contribution in [2.45, 2.75) is 13.0 Å². The fraction of sp³-hybridized carbons (Fsp3) is 0.235. The topological polar surface area (TPSA) is 29.5 Å². The first kappa shape index (κ1) is 16.8. The van der Waals surface area contributed by atoms with Gasteiger partial charge in [0.2, 0.25) is 0 Å². The Morgan fingerprint density at radius 3 is 2.50 bits per heavy atom. The summed E-state index contributed by atoms with van der Waals surface area (Å²) < 4.78 is 6.40. The fourth-order valence-corrected chi connectivity index (χ4v) is 2.51. The van der Waals surface area contributed by atoms with Gasteiger partial charge in [-0.3, -0.25) is 4.79 Å². The number of hydrogen-bond acceptors (Lipinski definition) is 2. The van der Waals surface area contributed by atoms with Crippen LogP contribution in [0, 0.1) is 0 Å². The molecule has 3 nitrogen and oxygen atoms in total. The van der Waals surface area contributed by atoms with Gasteiger partial charge in [0.15, 0.2) is 6.61 Å². The van der Waals surface area contributed by atoms with E-state index in [4.69, 9.17) is 16.3 Å². The van der Waals surface area contributed by atoms with Gasteiger partial charge in [-0.15, -0.1) is 0 Å². The van der Waals surface area contributed by atoms with E-state index in [1.165, 1.54) is 0 Å². The number of amides is 1. The third kappa shape index (κ3) is 4.24. The van der Waals surface area contributed by atoms with Crippen LogP contribution < -0.4 is 4.74 Å². The van der Waals surface area contributed by atoms with Crippen molar-refractivity contribution >= 4 is 33.4 Å². The second-order valence-corrected chi connectivity index (χ2v) is 6.24. The second kappa shape index (κ2) is 7.65. The van der Waals surface area contributed by atoms with Crippen molar-refractivity contribution in [2.75, 3.05) is 13.7 Å². The molecule has 1 amide bonds. The highest BCUT2D eigenvalue weighted by atomic mass is 79.9. The number of nitrogens with zero attached hydrogens (tertiary/aromatic N) is 1. The molecule has 0 aliphatic rings. The predicted octanol–water partition coefficient (Wildman–Crippen LogP) is 4.70. The molecule has 0 aliphatic carbocycles. The van der Waals surface area contributed by atoms with Gasteiger partial charge in [-0.05, 0) is 52.7 Å². The third-order valence-electron chi connectivity index (χ3n) is 3.51. The van der Waals surface area contributed by atoms with Crippen molar-refractivity contribution in [1.82, 2.24) is 4.90 Å². The lowest BCUT2D eigenvalue weighted by Crippen LogP contribution is -2.33. The summed E-state index contributed by atoms with van der Waals surface area (Å²) in [6, 6.07) is 14.9. The van der Waals surface area contributed by atoms with E-state index in [0.29, 0.717) is 10.8 Å². The first-order chi connectivity index (χ1) is 10.5. The zero-order valence-electron chi connectivity index (χ0n) is 12.4. The Morgan fingerprint density at radius 1 is 1.23 bits per heavy atom. The van der Waals surface area contributed by atoms with Crippen LogP contribution in [0.3, 0.4) is 0 Å². The van der Waals surface area contributed by atoms with E-state index in [0.717, 1.165) is 10.0 Å². The van der Waals surface area contributed by atoms with Gasteiger partial charge in [0.1, 0.15) is 5.75 Å². The van der Waals surface area contributed by atoms with Gasteiger partial charge in [-0.2, -0.15) is 0 Å². The molecule has 0 saturated carbocycles. The van der Waals surface area contributed by atoms with Crippen molar-refractivity contribution in [2.24, 2.45) is 0 Å². The van der Waals surface area contributed by atoms with Crippen molar-refractivity contribution in [1.29, 1.82) is 0 Å². The molecule has 22 heavy (non-hydrogen) atoms. The summed E-state index contributed by atoms with van der Waals surface area (Å²) in [4.78, 5) is 13.9. The predicted molar refractivity (Wildman–Crippen MR) is 92.3 cm³/mol. The van der Waals surface area contributed by atoms with Gasteiger partial charge in [-0.25, -0.2) is 0 Å². The van der Waals surface area contributed by atoms with Gasteiger partial charge in [0, 0.05) is 12.1 Å². The molecule has 0 bridgehead atoms. The summed E-state index contributed by atoms with van der Waals surface area (Å²) >= 11 is 9.28. The number of rotatable bonds is 5. The maximum absolute atomic E-state index is 12.3. The Bertz CT molecular complexity index is 645. The minimum Gasteiger partial charge on any atom is -0.483 e. The van der Waals surface area contributed by atoms with Crippen LogP contribution in [0.5, 0.6) is 5.75 Å². The highest BCUT2D eigenvalue weighted by molar-refractivity contribution is 9.10. The molecule has 0 saturated heterocycles. The van der Waals surface area contributed by atoms with Crippen LogP contribution in [0.15, 0.2) is 53.0 Å². The summed E-state index contributed by atoms with van der Waals surface area (Å²) in [5.41, 5.74) is 1.03. The first-order valence-corrected chi connectivity index (χ1v) is 8.04. The van der Waals surface area contributed by atoms with E-state index in [2.05, 4.69) is 15.9 Å². The number of para-hydroxylation sites is 1. The van der Waals surface area contributed by atoms with Crippen LogP contribution in [0.4, 0.5) is 0 Å². The molecule has 2 aromatic carbocycles. The molecule has 1 atom stereocenters. The lowest BCUT2D eigenvalue weighted by molar-refractivity contribution is -0.134. The minimum atomic E-state index is -0.0850. The molecule has 0 N–H and O–H groups in total. The van der Waals surface area contributed by atoms with Gasteiger partial charge < -0.3 is 9.64 Å². The largest absolute Gasteiger partial charge is 0.483 e. The summed E-state index contributed by atoms with van der Waals surface area (Å²) in [6.07, 6.45) is 0. The van der Waals surface area contributed by atoms with E-state index in [1.807, 2.05) is 55.5 Å². The Kier molecular flexibility index (Phi) is 5.86. The van der Waals surface area contributed by atoms with Gasteiger partial charge in [-0.1, -0.05) is 35.9 Å². The van der Waals surface area contributed by atoms with Crippen LogP contribution in [-0.2, 0) is 4.79 Å². The van der Waals surface area contributed by atoms with Crippen LogP contribution >= 0.6 is 27.5 Å². The Balaban J connectivity index is 1.97. The molecule has 1 unspecified atom stereocenters.